The van der Waals surface area contributed by atoms with E-state index in [0.717, 1.165) is 6.42 Å². The fourth-order valence-electron chi connectivity index (χ4n) is 1.61. The fourth-order valence-corrected chi connectivity index (χ4v) is 1.61. The lowest BCUT2D eigenvalue weighted by atomic mass is 9.97. The quantitative estimate of drug-likeness (QED) is 0.796. The zero-order valence-corrected chi connectivity index (χ0v) is 8.66. The maximum absolute atomic E-state index is 10.5. The largest absolute Gasteiger partial charge is 0.481 e. The molecule has 0 aliphatic rings. The average molecular weight is 192 g/mol. The molecular formula is C12H16O2. The molecule has 1 rings (SSSR count). The zero-order chi connectivity index (χ0) is 10.6. The van der Waals surface area contributed by atoms with E-state index in [0.29, 0.717) is 0 Å². The topological polar surface area (TPSA) is 37.3 Å². The second kappa shape index (κ2) is 4.80. The highest BCUT2D eigenvalue weighted by Crippen LogP contribution is 2.12. The molecule has 76 valence electrons. The minimum Gasteiger partial charge on any atom is -0.481 e. The van der Waals surface area contributed by atoms with Crippen molar-refractivity contribution < 1.29 is 9.90 Å². The van der Waals surface area contributed by atoms with Crippen LogP contribution in [-0.4, -0.2) is 11.1 Å². The molecule has 0 saturated heterocycles. The number of carboxylic acids is 1. The van der Waals surface area contributed by atoms with Crippen LogP contribution in [0.2, 0.25) is 0 Å². The maximum Gasteiger partial charge on any atom is 0.303 e. The summed E-state index contributed by atoms with van der Waals surface area (Å²) < 4.78 is 0. The van der Waals surface area contributed by atoms with Crippen LogP contribution in [0.15, 0.2) is 24.3 Å². The van der Waals surface area contributed by atoms with Gasteiger partial charge in [-0.05, 0) is 24.8 Å². The summed E-state index contributed by atoms with van der Waals surface area (Å²) in [6.07, 6.45) is 1.09. The third-order valence-electron chi connectivity index (χ3n) is 2.19. The Kier molecular flexibility index (Phi) is 3.69. The molecule has 2 nitrogen and oxygen atoms in total. The highest BCUT2D eigenvalue weighted by molar-refractivity contribution is 5.67. The van der Waals surface area contributed by atoms with E-state index in [9.17, 15) is 4.79 Å². The summed E-state index contributed by atoms with van der Waals surface area (Å²) in [5.74, 6) is -0.514. The van der Waals surface area contributed by atoms with Crippen LogP contribution in [0, 0.1) is 12.8 Å². The summed E-state index contributed by atoms with van der Waals surface area (Å²) in [5, 5.41) is 8.62. The van der Waals surface area contributed by atoms with Crippen molar-refractivity contribution in [2.24, 2.45) is 5.92 Å². The third kappa shape index (κ3) is 3.60. The number of carbonyl (C=O) groups is 1. The van der Waals surface area contributed by atoms with Gasteiger partial charge in [-0.25, -0.2) is 0 Å². The Labute approximate surface area is 84.6 Å². The summed E-state index contributed by atoms with van der Waals surface area (Å²) in [5.41, 5.74) is 2.45. The molecule has 0 aliphatic carbocycles. The molecule has 1 atom stereocenters. The molecule has 1 N–H and O–H groups in total. The smallest absolute Gasteiger partial charge is 0.303 e. The van der Waals surface area contributed by atoms with Crippen molar-refractivity contribution in [2.45, 2.75) is 26.7 Å². The van der Waals surface area contributed by atoms with E-state index >= 15 is 0 Å². The molecule has 0 fully saturated rings. The van der Waals surface area contributed by atoms with Gasteiger partial charge in [0.05, 0.1) is 0 Å². The Hall–Kier alpha value is -1.31. The maximum atomic E-state index is 10.5. The van der Waals surface area contributed by atoms with E-state index in [-0.39, 0.29) is 12.3 Å². The number of hydrogen-bond acceptors (Lipinski definition) is 1. The number of carboxylic acid groups (broad SMARTS) is 1. The van der Waals surface area contributed by atoms with Gasteiger partial charge < -0.3 is 5.11 Å². The number of rotatable bonds is 4. The number of aliphatic carboxylic acids is 1. The molecule has 0 spiro atoms. The van der Waals surface area contributed by atoms with Gasteiger partial charge in [0.1, 0.15) is 0 Å². The van der Waals surface area contributed by atoms with Crippen LogP contribution in [0.4, 0.5) is 0 Å². The summed E-state index contributed by atoms with van der Waals surface area (Å²) in [6, 6.07) is 8.22. The summed E-state index contributed by atoms with van der Waals surface area (Å²) in [4.78, 5) is 10.5. The SMILES string of the molecule is Cc1cccc(CC(C)CC(=O)O)c1. The van der Waals surface area contributed by atoms with Crippen LogP contribution in [0.25, 0.3) is 0 Å². The van der Waals surface area contributed by atoms with Crippen molar-refractivity contribution in [3.05, 3.63) is 35.4 Å². The Morgan fingerprint density at radius 3 is 2.79 bits per heavy atom. The zero-order valence-electron chi connectivity index (χ0n) is 8.66. The number of hydrogen-bond donors (Lipinski definition) is 1. The summed E-state index contributed by atoms with van der Waals surface area (Å²) in [6.45, 7) is 4.02. The van der Waals surface area contributed by atoms with Crippen molar-refractivity contribution in [1.82, 2.24) is 0 Å². The van der Waals surface area contributed by atoms with Crippen molar-refractivity contribution in [2.75, 3.05) is 0 Å². The van der Waals surface area contributed by atoms with Gasteiger partial charge in [0.15, 0.2) is 0 Å². The standard InChI is InChI=1S/C12H16O2/c1-9-4-3-5-11(6-9)7-10(2)8-12(13)14/h3-6,10H,7-8H2,1-2H3,(H,13,14). The number of aryl methyl sites for hydroxylation is 1. The van der Waals surface area contributed by atoms with Crippen LogP contribution in [-0.2, 0) is 11.2 Å². The van der Waals surface area contributed by atoms with E-state index in [2.05, 4.69) is 6.07 Å². The van der Waals surface area contributed by atoms with Gasteiger partial charge in [0, 0.05) is 6.42 Å². The fraction of sp³-hybridized carbons (Fsp3) is 0.417. The second-order valence-corrected chi connectivity index (χ2v) is 3.90. The lowest BCUT2D eigenvalue weighted by Gasteiger charge is -2.08. The van der Waals surface area contributed by atoms with Gasteiger partial charge in [0.2, 0.25) is 0 Å². The van der Waals surface area contributed by atoms with Crippen molar-refractivity contribution in [1.29, 1.82) is 0 Å². The van der Waals surface area contributed by atoms with Gasteiger partial charge in [-0.15, -0.1) is 0 Å². The van der Waals surface area contributed by atoms with Crippen LogP contribution < -0.4 is 0 Å². The molecular weight excluding hydrogens is 176 g/mol. The van der Waals surface area contributed by atoms with E-state index in [1.165, 1.54) is 11.1 Å². The Balaban J connectivity index is 2.55. The highest BCUT2D eigenvalue weighted by atomic mass is 16.4. The minimum atomic E-state index is -0.717. The van der Waals surface area contributed by atoms with Crippen LogP contribution in [0.3, 0.4) is 0 Å². The molecule has 1 aromatic carbocycles. The number of benzene rings is 1. The van der Waals surface area contributed by atoms with Crippen LogP contribution in [0.1, 0.15) is 24.5 Å². The molecule has 2 heteroatoms. The van der Waals surface area contributed by atoms with Gasteiger partial charge in [-0.1, -0.05) is 36.8 Å². The first-order chi connectivity index (χ1) is 6.58. The Morgan fingerprint density at radius 2 is 2.21 bits per heavy atom. The first-order valence-electron chi connectivity index (χ1n) is 4.85. The van der Waals surface area contributed by atoms with E-state index < -0.39 is 5.97 Å². The molecule has 0 aromatic heterocycles. The van der Waals surface area contributed by atoms with E-state index in [1.54, 1.807) is 0 Å². The lowest BCUT2D eigenvalue weighted by molar-refractivity contribution is -0.137. The van der Waals surface area contributed by atoms with Gasteiger partial charge in [-0.3, -0.25) is 4.79 Å². The van der Waals surface area contributed by atoms with Crippen LogP contribution >= 0.6 is 0 Å². The Bertz CT molecular complexity index is 318. The predicted molar refractivity (Wildman–Crippen MR) is 56.3 cm³/mol. The molecule has 0 saturated carbocycles. The minimum absolute atomic E-state index is 0.203. The Morgan fingerprint density at radius 1 is 1.50 bits per heavy atom. The molecule has 0 amide bonds. The molecule has 1 aromatic rings. The average Bonchev–Trinajstić information content (AvgIpc) is 2.01. The molecule has 1 unspecified atom stereocenters. The highest BCUT2D eigenvalue weighted by Gasteiger charge is 2.08. The summed E-state index contributed by atoms with van der Waals surface area (Å²) >= 11 is 0. The third-order valence-corrected chi connectivity index (χ3v) is 2.19. The monoisotopic (exact) mass is 192 g/mol. The van der Waals surface area contributed by atoms with Crippen molar-refractivity contribution in [3.8, 4) is 0 Å². The lowest BCUT2D eigenvalue weighted by Crippen LogP contribution is -2.06. The van der Waals surface area contributed by atoms with Crippen molar-refractivity contribution in [3.63, 3.8) is 0 Å². The van der Waals surface area contributed by atoms with E-state index in [4.69, 9.17) is 5.11 Å². The molecule has 0 heterocycles. The molecule has 0 aliphatic heterocycles. The van der Waals surface area contributed by atoms with Gasteiger partial charge >= 0.3 is 5.97 Å². The second-order valence-electron chi connectivity index (χ2n) is 3.90. The normalized spacial score (nSPS) is 12.4. The molecule has 14 heavy (non-hydrogen) atoms. The summed E-state index contributed by atoms with van der Waals surface area (Å²) in [7, 11) is 0. The first-order valence-corrected chi connectivity index (χ1v) is 4.85. The molecule has 0 bridgehead atoms. The van der Waals surface area contributed by atoms with Gasteiger partial charge in [-0.2, -0.15) is 0 Å². The molecule has 0 radical (unpaired) electrons. The van der Waals surface area contributed by atoms with Crippen LogP contribution in [0.5, 0.6) is 0 Å². The first kappa shape index (κ1) is 10.8. The predicted octanol–water partition coefficient (Wildman–Crippen LogP) is 2.65. The van der Waals surface area contributed by atoms with Crippen molar-refractivity contribution >= 4 is 5.97 Å². The van der Waals surface area contributed by atoms with E-state index in [1.807, 2.05) is 32.0 Å². The van der Waals surface area contributed by atoms with Gasteiger partial charge in [0.25, 0.3) is 0 Å².